The Kier molecular flexibility index (Phi) is 5.94. The molecule has 166 valence electrons. The Balaban J connectivity index is 1.30. The summed E-state index contributed by atoms with van der Waals surface area (Å²) in [6, 6.07) is 20.1. The predicted octanol–water partition coefficient (Wildman–Crippen LogP) is 5.17. The molecule has 0 radical (unpaired) electrons. The molecule has 2 fully saturated rings. The maximum absolute atomic E-state index is 13.2. The molecule has 3 heterocycles. The van der Waals surface area contributed by atoms with Crippen molar-refractivity contribution in [2.45, 2.75) is 50.4 Å². The number of amides is 1. The molecule has 5 rings (SSSR count). The fraction of sp³-hybridized carbons (Fsp3) is 0.407. The molecule has 2 unspecified atom stereocenters. The molecule has 0 N–H and O–H groups in total. The van der Waals surface area contributed by atoms with Gasteiger partial charge >= 0.3 is 0 Å². The number of nitrogens with zero attached hydrogens (tertiary/aromatic N) is 2. The summed E-state index contributed by atoms with van der Waals surface area (Å²) in [5.41, 5.74) is 2.61. The average molecular weight is 431 g/mol. The molecule has 3 aromatic rings. The molecule has 5 heteroatoms. The number of ether oxygens (including phenoxy) is 2. The Morgan fingerprint density at radius 2 is 1.94 bits per heavy atom. The van der Waals surface area contributed by atoms with Gasteiger partial charge in [-0.25, -0.2) is 0 Å². The van der Waals surface area contributed by atoms with Crippen molar-refractivity contribution >= 4 is 16.8 Å². The molecule has 2 aliphatic heterocycles. The second kappa shape index (κ2) is 9.00. The van der Waals surface area contributed by atoms with Crippen LogP contribution in [-0.2, 0) is 9.47 Å². The summed E-state index contributed by atoms with van der Waals surface area (Å²) >= 11 is 0. The highest BCUT2D eigenvalue weighted by Gasteiger charge is 2.45. The van der Waals surface area contributed by atoms with Gasteiger partial charge in [0.1, 0.15) is 0 Å². The van der Waals surface area contributed by atoms with Crippen molar-refractivity contribution in [2.24, 2.45) is 0 Å². The third-order valence-corrected chi connectivity index (χ3v) is 6.85. The second-order valence-corrected chi connectivity index (χ2v) is 8.92. The Hall–Kier alpha value is -2.76. The van der Waals surface area contributed by atoms with Crippen LogP contribution in [0.4, 0.5) is 0 Å². The SMILES string of the molecule is CCOC1CC(c2ccccc2)OC2(CCN(C(=O)c3ccc4ncccc4c3)CC2)C1. The van der Waals surface area contributed by atoms with E-state index < -0.39 is 0 Å². The van der Waals surface area contributed by atoms with Crippen LogP contribution in [0.2, 0.25) is 0 Å². The molecule has 1 spiro atoms. The number of fused-ring (bicyclic) bond motifs is 1. The first-order valence-corrected chi connectivity index (χ1v) is 11.6. The van der Waals surface area contributed by atoms with Crippen molar-refractivity contribution in [2.75, 3.05) is 19.7 Å². The average Bonchev–Trinajstić information content (AvgIpc) is 2.84. The van der Waals surface area contributed by atoms with Gasteiger partial charge in [0, 0.05) is 49.7 Å². The fourth-order valence-electron chi connectivity index (χ4n) is 5.20. The lowest BCUT2D eigenvalue weighted by Crippen LogP contribution is -2.52. The summed E-state index contributed by atoms with van der Waals surface area (Å²) in [6.45, 7) is 4.16. The van der Waals surface area contributed by atoms with Crippen molar-refractivity contribution in [1.82, 2.24) is 9.88 Å². The molecule has 2 aliphatic rings. The second-order valence-electron chi connectivity index (χ2n) is 8.92. The Bertz CT molecular complexity index is 1080. The summed E-state index contributed by atoms with van der Waals surface area (Å²) in [5, 5.41) is 0.993. The lowest BCUT2D eigenvalue weighted by atomic mass is 9.80. The fourth-order valence-corrected chi connectivity index (χ4v) is 5.20. The van der Waals surface area contributed by atoms with E-state index in [1.165, 1.54) is 5.56 Å². The number of benzene rings is 2. The largest absolute Gasteiger partial charge is 0.378 e. The van der Waals surface area contributed by atoms with Crippen LogP contribution < -0.4 is 0 Å². The first-order chi connectivity index (χ1) is 15.7. The zero-order valence-corrected chi connectivity index (χ0v) is 18.6. The van der Waals surface area contributed by atoms with Gasteiger partial charge < -0.3 is 14.4 Å². The van der Waals surface area contributed by atoms with E-state index in [2.05, 4.69) is 36.2 Å². The lowest BCUT2D eigenvalue weighted by molar-refractivity contribution is -0.190. The van der Waals surface area contributed by atoms with Crippen LogP contribution in [0.25, 0.3) is 10.9 Å². The number of rotatable bonds is 4. The summed E-state index contributed by atoms with van der Waals surface area (Å²) < 4.78 is 12.8. The Labute approximate surface area is 189 Å². The molecule has 0 bridgehead atoms. The van der Waals surface area contributed by atoms with Gasteiger partial charge in [-0.2, -0.15) is 0 Å². The molecule has 0 aliphatic carbocycles. The zero-order chi connectivity index (χ0) is 22.0. The number of hydrogen-bond donors (Lipinski definition) is 0. The van der Waals surface area contributed by atoms with Crippen molar-refractivity contribution in [3.05, 3.63) is 78.0 Å². The first-order valence-electron chi connectivity index (χ1n) is 11.6. The monoisotopic (exact) mass is 430 g/mol. The van der Waals surface area contributed by atoms with E-state index in [1.54, 1.807) is 6.20 Å². The zero-order valence-electron chi connectivity index (χ0n) is 18.6. The molecule has 2 aromatic carbocycles. The van der Waals surface area contributed by atoms with Crippen molar-refractivity contribution < 1.29 is 14.3 Å². The van der Waals surface area contributed by atoms with Gasteiger partial charge in [-0.15, -0.1) is 0 Å². The molecule has 2 atom stereocenters. The predicted molar refractivity (Wildman–Crippen MR) is 125 cm³/mol. The molecule has 32 heavy (non-hydrogen) atoms. The number of hydrogen-bond acceptors (Lipinski definition) is 4. The number of pyridine rings is 1. The van der Waals surface area contributed by atoms with E-state index in [9.17, 15) is 4.79 Å². The lowest BCUT2D eigenvalue weighted by Gasteiger charge is -2.48. The van der Waals surface area contributed by atoms with Crippen LogP contribution in [0.5, 0.6) is 0 Å². The van der Waals surface area contributed by atoms with E-state index in [0.717, 1.165) is 42.1 Å². The van der Waals surface area contributed by atoms with E-state index >= 15 is 0 Å². The minimum atomic E-state index is -0.233. The normalized spacial score (nSPS) is 22.8. The van der Waals surface area contributed by atoms with Gasteiger partial charge in [0.15, 0.2) is 0 Å². The van der Waals surface area contributed by atoms with E-state index in [0.29, 0.717) is 19.7 Å². The smallest absolute Gasteiger partial charge is 0.253 e. The number of aromatic nitrogens is 1. The number of carbonyl (C=O) groups is 1. The molecule has 5 nitrogen and oxygen atoms in total. The summed E-state index contributed by atoms with van der Waals surface area (Å²) in [7, 11) is 0. The molecular weight excluding hydrogens is 400 g/mol. The number of piperidine rings is 1. The molecule has 2 saturated heterocycles. The van der Waals surface area contributed by atoms with Gasteiger partial charge in [0.2, 0.25) is 0 Å². The van der Waals surface area contributed by atoms with Gasteiger partial charge in [0.25, 0.3) is 5.91 Å². The van der Waals surface area contributed by atoms with Crippen LogP contribution in [0.1, 0.15) is 54.6 Å². The van der Waals surface area contributed by atoms with Crippen LogP contribution >= 0.6 is 0 Å². The maximum atomic E-state index is 13.2. The quantitative estimate of drug-likeness (QED) is 0.573. The third-order valence-electron chi connectivity index (χ3n) is 6.85. The van der Waals surface area contributed by atoms with Crippen LogP contribution in [-0.4, -0.2) is 47.2 Å². The summed E-state index contributed by atoms with van der Waals surface area (Å²) in [6.07, 6.45) is 5.45. The van der Waals surface area contributed by atoms with Crippen LogP contribution in [0, 0.1) is 0 Å². The van der Waals surface area contributed by atoms with Crippen molar-refractivity contribution in [1.29, 1.82) is 0 Å². The first kappa shape index (κ1) is 21.1. The standard InChI is InChI=1S/C27H30N2O3/c1-2-31-23-18-25(20-7-4-3-5-8-20)32-27(19-23)12-15-29(16-13-27)26(30)22-10-11-24-21(17-22)9-6-14-28-24/h3-11,14,17,23,25H,2,12-13,15-16,18-19H2,1H3. The van der Waals surface area contributed by atoms with Crippen LogP contribution in [0.15, 0.2) is 66.9 Å². The van der Waals surface area contributed by atoms with Gasteiger partial charge in [-0.05, 0) is 49.6 Å². The molecule has 0 saturated carbocycles. The Morgan fingerprint density at radius 3 is 2.72 bits per heavy atom. The topological polar surface area (TPSA) is 51.7 Å². The van der Waals surface area contributed by atoms with Gasteiger partial charge in [0.05, 0.1) is 23.3 Å². The summed E-state index contributed by atoms with van der Waals surface area (Å²) in [5.74, 6) is 0.0855. The number of likely N-dealkylation sites (tertiary alicyclic amines) is 1. The highest BCUT2D eigenvalue weighted by molar-refractivity contribution is 5.98. The van der Waals surface area contributed by atoms with E-state index in [1.807, 2.05) is 41.3 Å². The minimum absolute atomic E-state index is 0.0386. The maximum Gasteiger partial charge on any atom is 0.253 e. The van der Waals surface area contributed by atoms with Crippen LogP contribution in [0.3, 0.4) is 0 Å². The minimum Gasteiger partial charge on any atom is -0.378 e. The van der Waals surface area contributed by atoms with Gasteiger partial charge in [-0.1, -0.05) is 36.4 Å². The highest BCUT2D eigenvalue weighted by Crippen LogP contribution is 2.44. The van der Waals surface area contributed by atoms with E-state index in [-0.39, 0.29) is 23.7 Å². The molecule has 1 aromatic heterocycles. The molecule has 1 amide bonds. The highest BCUT2D eigenvalue weighted by atomic mass is 16.5. The Morgan fingerprint density at radius 1 is 1.12 bits per heavy atom. The van der Waals surface area contributed by atoms with Crippen molar-refractivity contribution in [3.63, 3.8) is 0 Å². The summed E-state index contributed by atoms with van der Waals surface area (Å²) in [4.78, 5) is 19.5. The van der Waals surface area contributed by atoms with E-state index in [4.69, 9.17) is 9.47 Å². The number of carbonyl (C=O) groups excluding carboxylic acids is 1. The van der Waals surface area contributed by atoms with Crippen molar-refractivity contribution in [3.8, 4) is 0 Å². The molecular formula is C27H30N2O3. The van der Waals surface area contributed by atoms with Gasteiger partial charge in [-0.3, -0.25) is 9.78 Å². The third kappa shape index (κ3) is 4.27.